The number of aliphatic hydroxyl groups is 2. The first kappa shape index (κ1) is 19.6. The molecule has 1 amide bonds. The van der Waals surface area contributed by atoms with Gasteiger partial charge >= 0.3 is 0 Å². The number of hydrogen-bond donors (Lipinski definition) is 3. The summed E-state index contributed by atoms with van der Waals surface area (Å²) < 4.78 is 42.5. The van der Waals surface area contributed by atoms with Crippen molar-refractivity contribution in [1.29, 1.82) is 0 Å². The fourth-order valence-corrected chi connectivity index (χ4v) is 3.43. The number of pyridine rings is 1. The van der Waals surface area contributed by atoms with Crippen LogP contribution in [0, 0.1) is 11.6 Å². The average molecular weight is 401 g/mol. The van der Waals surface area contributed by atoms with Crippen LogP contribution in [0.5, 0.6) is 0 Å². The van der Waals surface area contributed by atoms with E-state index in [9.17, 15) is 23.8 Å². The van der Waals surface area contributed by atoms with Crippen molar-refractivity contribution in [3.63, 3.8) is 0 Å². The molecule has 1 aliphatic rings. The summed E-state index contributed by atoms with van der Waals surface area (Å²) >= 11 is 5.78. The molecule has 3 rings (SSSR count). The molecule has 27 heavy (non-hydrogen) atoms. The Morgan fingerprint density at radius 3 is 2.74 bits per heavy atom. The smallest absolute Gasteiger partial charge is 0.262 e. The molecule has 0 radical (unpaired) electrons. The molecule has 0 unspecified atom stereocenters. The van der Waals surface area contributed by atoms with Crippen molar-refractivity contribution >= 4 is 17.5 Å². The molecule has 3 N–H and O–H groups in total. The van der Waals surface area contributed by atoms with Gasteiger partial charge in [-0.1, -0.05) is 17.7 Å². The topological polar surface area (TPSA) is 82.5 Å². The number of nitrogens with zero attached hydrogens (tertiary/aromatic N) is 1. The van der Waals surface area contributed by atoms with Gasteiger partial charge in [0, 0.05) is 29.9 Å². The highest BCUT2D eigenvalue weighted by Crippen LogP contribution is 2.45. The fourth-order valence-electron chi connectivity index (χ4n) is 3.17. The van der Waals surface area contributed by atoms with Crippen LogP contribution in [-0.4, -0.2) is 27.7 Å². The highest BCUT2D eigenvalue weighted by molar-refractivity contribution is 6.31. The molecular weight excluding hydrogens is 385 g/mol. The molecule has 0 bridgehead atoms. The lowest BCUT2D eigenvalue weighted by Gasteiger charge is -2.38. The number of benzene rings is 1. The number of halogens is 4. The third kappa shape index (κ3) is 3.40. The van der Waals surface area contributed by atoms with Crippen molar-refractivity contribution in [3.8, 4) is 0 Å². The average Bonchev–Trinajstić information content (AvgIpc) is 2.64. The van der Waals surface area contributed by atoms with Gasteiger partial charge in [-0.15, -0.1) is 0 Å². The Hall–Kier alpha value is -2.16. The van der Waals surface area contributed by atoms with Gasteiger partial charge in [0.1, 0.15) is 17.2 Å². The van der Waals surface area contributed by atoms with Gasteiger partial charge in [0.2, 0.25) is 5.67 Å². The van der Waals surface area contributed by atoms with E-state index in [2.05, 4.69) is 10.3 Å². The van der Waals surface area contributed by atoms with Crippen molar-refractivity contribution in [3.05, 3.63) is 63.9 Å². The fraction of sp³-hybridized carbons (Fsp3) is 0.333. The Balaban J connectivity index is 1.88. The first-order valence-corrected chi connectivity index (χ1v) is 8.49. The zero-order valence-electron chi connectivity index (χ0n) is 14.0. The van der Waals surface area contributed by atoms with Crippen LogP contribution in [0.4, 0.5) is 13.2 Å². The van der Waals surface area contributed by atoms with Crippen LogP contribution < -0.4 is 5.32 Å². The van der Waals surface area contributed by atoms with Gasteiger partial charge in [0.05, 0.1) is 17.3 Å². The molecule has 1 heterocycles. The summed E-state index contributed by atoms with van der Waals surface area (Å²) in [5.41, 5.74) is -4.75. The lowest BCUT2D eigenvalue weighted by molar-refractivity contribution is -0.138. The summed E-state index contributed by atoms with van der Waals surface area (Å²) in [6.07, 6.45) is 0.675. The molecule has 0 saturated heterocycles. The molecule has 2 atom stereocenters. The third-order valence-electron chi connectivity index (χ3n) is 4.71. The van der Waals surface area contributed by atoms with Crippen LogP contribution >= 0.6 is 11.6 Å². The van der Waals surface area contributed by atoms with Crippen molar-refractivity contribution in [2.45, 2.75) is 30.7 Å². The summed E-state index contributed by atoms with van der Waals surface area (Å²) in [4.78, 5) is 16.5. The third-order valence-corrected chi connectivity index (χ3v) is 5.05. The molecule has 9 heteroatoms. The Morgan fingerprint density at radius 2 is 2.07 bits per heavy atom. The van der Waals surface area contributed by atoms with Gasteiger partial charge in [0.15, 0.2) is 0 Å². The van der Waals surface area contributed by atoms with Gasteiger partial charge in [-0.2, -0.15) is 0 Å². The molecular formula is C18H16ClF3N2O3. The van der Waals surface area contributed by atoms with Crippen LogP contribution in [-0.2, 0) is 22.6 Å². The quantitative estimate of drug-likeness (QED) is 0.736. The second-order valence-electron chi connectivity index (χ2n) is 6.42. The number of aliphatic hydroxyl groups excluding tert-OH is 1. The number of amides is 1. The summed E-state index contributed by atoms with van der Waals surface area (Å²) in [5.74, 6) is -2.91. The van der Waals surface area contributed by atoms with Gasteiger partial charge < -0.3 is 15.5 Å². The minimum Gasteiger partial charge on any atom is -0.393 e. The molecule has 1 aliphatic carbocycles. The van der Waals surface area contributed by atoms with Crippen LogP contribution in [0.3, 0.4) is 0 Å². The van der Waals surface area contributed by atoms with E-state index in [0.29, 0.717) is 6.07 Å². The first-order valence-electron chi connectivity index (χ1n) is 8.11. The molecule has 0 fully saturated rings. The minimum absolute atomic E-state index is 0.123. The van der Waals surface area contributed by atoms with Crippen LogP contribution in [0.25, 0.3) is 0 Å². The second kappa shape index (κ2) is 7.10. The Kier molecular flexibility index (Phi) is 5.16. The summed E-state index contributed by atoms with van der Waals surface area (Å²) in [5, 5.41) is 21.9. The SMILES string of the molecule is O=C(NCc1c(F)cc(F)cc1Cl)[C@]1(F)CC[C@@](O)(CO)c2ncccc21. The van der Waals surface area contributed by atoms with E-state index in [1.807, 2.05) is 0 Å². The molecule has 0 aliphatic heterocycles. The van der Waals surface area contributed by atoms with E-state index in [4.69, 9.17) is 11.6 Å². The molecule has 0 saturated carbocycles. The zero-order chi connectivity index (χ0) is 19.8. The molecule has 1 aromatic heterocycles. The predicted octanol–water partition coefficient (Wildman–Crippen LogP) is 2.47. The molecule has 1 aromatic carbocycles. The van der Waals surface area contributed by atoms with Gasteiger partial charge in [-0.25, -0.2) is 13.2 Å². The first-order chi connectivity index (χ1) is 12.7. The van der Waals surface area contributed by atoms with Gasteiger partial charge in [-0.05, 0) is 25.0 Å². The number of carbonyl (C=O) groups excluding carboxylic acids is 1. The number of alkyl halides is 1. The van der Waals surface area contributed by atoms with E-state index < -0.39 is 48.4 Å². The summed E-state index contributed by atoms with van der Waals surface area (Å²) in [6, 6.07) is 4.20. The standard InChI is InChI=1S/C18H16ClF3N2O3/c19-13-6-10(20)7-14(21)11(13)8-24-16(26)18(22)4-3-17(27,9-25)15-12(18)2-1-5-23-15/h1-2,5-7,25,27H,3-4,8-9H2,(H,24,26)/t17-,18+/m1/s1. The summed E-state index contributed by atoms with van der Waals surface area (Å²) in [6.45, 7) is -1.12. The number of aromatic nitrogens is 1. The molecule has 144 valence electrons. The second-order valence-corrected chi connectivity index (χ2v) is 6.83. The largest absolute Gasteiger partial charge is 0.393 e. The van der Waals surface area contributed by atoms with Crippen LogP contribution in [0.15, 0.2) is 30.5 Å². The Labute approximate surface area is 157 Å². The van der Waals surface area contributed by atoms with E-state index in [1.165, 1.54) is 18.3 Å². The zero-order valence-corrected chi connectivity index (χ0v) is 14.7. The number of fused-ring (bicyclic) bond motifs is 1. The Bertz CT molecular complexity index is 875. The maximum absolute atomic E-state index is 15.6. The number of carbonyl (C=O) groups is 1. The van der Waals surface area contributed by atoms with Crippen LogP contribution in [0.2, 0.25) is 5.02 Å². The van der Waals surface area contributed by atoms with Crippen LogP contribution in [0.1, 0.15) is 29.7 Å². The lowest BCUT2D eigenvalue weighted by atomic mass is 9.74. The molecule has 2 aromatic rings. The van der Waals surface area contributed by atoms with Gasteiger partial charge in [-0.3, -0.25) is 9.78 Å². The van der Waals surface area contributed by atoms with E-state index in [1.54, 1.807) is 0 Å². The maximum atomic E-state index is 15.6. The molecule has 5 nitrogen and oxygen atoms in total. The highest BCUT2D eigenvalue weighted by atomic mass is 35.5. The predicted molar refractivity (Wildman–Crippen MR) is 90.5 cm³/mol. The maximum Gasteiger partial charge on any atom is 0.262 e. The Morgan fingerprint density at radius 1 is 1.33 bits per heavy atom. The normalized spacial score (nSPS) is 24.4. The van der Waals surface area contributed by atoms with E-state index in [0.717, 1.165) is 6.07 Å². The highest BCUT2D eigenvalue weighted by Gasteiger charge is 2.51. The van der Waals surface area contributed by atoms with Crippen molar-refractivity contribution < 1.29 is 28.2 Å². The molecule has 0 spiro atoms. The number of hydrogen-bond acceptors (Lipinski definition) is 4. The number of rotatable bonds is 4. The summed E-state index contributed by atoms with van der Waals surface area (Å²) in [7, 11) is 0. The van der Waals surface area contributed by atoms with Gasteiger partial charge in [0.25, 0.3) is 5.91 Å². The number of nitrogens with one attached hydrogen (secondary N) is 1. The van der Waals surface area contributed by atoms with Crippen molar-refractivity contribution in [2.75, 3.05) is 6.61 Å². The van der Waals surface area contributed by atoms with E-state index in [-0.39, 0.29) is 28.3 Å². The van der Waals surface area contributed by atoms with Crippen molar-refractivity contribution in [2.24, 2.45) is 0 Å². The monoisotopic (exact) mass is 400 g/mol. The minimum atomic E-state index is -2.53. The van der Waals surface area contributed by atoms with Crippen molar-refractivity contribution in [1.82, 2.24) is 10.3 Å². The lowest BCUT2D eigenvalue weighted by Crippen LogP contribution is -2.49. The van der Waals surface area contributed by atoms with E-state index >= 15 is 4.39 Å².